The van der Waals surface area contributed by atoms with Crippen molar-refractivity contribution >= 4 is 5.91 Å². The summed E-state index contributed by atoms with van der Waals surface area (Å²) in [5.41, 5.74) is 2.38. The number of nitrogens with zero attached hydrogens (tertiary/aromatic N) is 3. The molecule has 1 amide bonds. The van der Waals surface area contributed by atoms with Crippen LogP contribution >= 0.6 is 0 Å². The molecule has 1 aromatic heterocycles. The number of amides is 1. The fourth-order valence-electron chi connectivity index (χ4n) is 1.86. The number of aromatic amines is 1. The summed E-state index contributed by atoms with van der Waals surface area (Å²) < 4.78 is 5.30. The van der Waals surface area contributed by atoms with Crippen LogP contribution in [0.1, 0.15) is 21.6 Å². The van der Waals surface area contributed by atoms with Crippen molar-refractivity contribution < 1.29 is 9.53 Å². The van der Waals surface area contributed by atoms with Crippen molar-refractivity contribution in [1.29, 1.82) is 0 Å². The van der Waals surface area contributed by atoms with Crippen molar-refractivity contribution in [1.82, 2.24) is 20.3 Å². The molecule has 1 N–H and O–H groups in total. The monoisotopic (exact) mass is 260 g/mol. The Morgan fingerprint density at radius 1 is 1.47 bits per heavy atom. The first-order chi connectivity index (χ1) is 9.11. The first-order valence-corrected chi connectivity index (χ1v) is 5.86. The van der Waals surface area contributed by atoms with Gasteiger partial charge in [0, 0.05) is 19.2 Å². The molecule has 0 saturated carbocycles. The summed E-state index contributed by atoms with van der Waals surface area (Å²) in [4.78, 5) is 13.6. The van der Waals surface area contributed by atoms with E-state index in [2.05, 4.69) is 15.4 Å². The van der Waals surface area contributed by atoms with Crippen LogP contribution in [0.3, 0.4) is 0 Å². The zero-order chi connectivity index (χ0) is 13.8. The van der Waals surface area contributed by atoms with Gasteiger partial charge in [-0.25, -0.2) is 0 Å². The van der Waals surface area contributed by atoms with Crippen LogP contribution in [0.15, 0.2) is 24.4 Å². The summed E-state index contributed by atoms with van der Waals surface area (Å²) in [5, 5.41) is 9.84. The molecule has 100 valence electrons. The van der Waals surface area contributed by atoms with E-state index >= 15 is 0 Å². The van der Waals surface area contributed by atoms with Crippen molar-refractivity contribution in [3.63, 3.8) is 0 Å². The Morgan fingerprint density at radius 2 is 2.26 bits per heavy atom. The number of hydrogen-bond acceptors (Lipinski definition) is 4. The minimum Gasteiger partial charge on any atom is -0.496 e. The van der Waals surface area contributed by atoms with E-state index in [1.807, 2.05) is 25.1 Å². The molecule has 0 aliphatic carbocycles. The lowest BCUT2D eigenvalue weighted by Crippen LogP contribution is -2.26. The van der Waals surface area contributed by atoms with E-state index in [-0.39, 0.29) is 5.91 Å². The van der Waals surface area contributed by atoms with Gasteiger partial charge < -0.3 is 9.64 Å². The Bertz CT molecular complexity index is 566. The molecule has 0 spiro atoms. The maximum Gasteiger partial charge on any atom is 0.276 e. The molecular weight excluding hydrogens is 244 g/mol. The van der Waals surface area contributed by atoms with Gasteiger partial charge in [-0.15, -0.1) is 0 Å². The van der Waals surface area contributed by atoms with E-state index in [0.717, 1.165) is 16.9 Å². The minimum absolute atomic E-state index is 0.183. The summed E-state index contributed by atoms with van der Waals surface area (Å²) in [6.45, 7) is 2.46. The van der Waals surface area contributed by atoms with E-state index in [1.165, 1.54) is 6.20 Å². The highest BCUT2D eigenvalue weighted by Crippen LogP contribution is 2.21. The highest BCUT2D eigenvalue weighted by atomic mass is 16.5. The number of carbonyl (C=O) groups excluding carboxylic acids is 1. The number of nitrogens with one attached hydrogen (secondary N) is 1. The fourth-order valence-corrected chi connectivity index (χ4v) is 1.86. The number of benzene rings is 1. The molecule has 0 radical (unpaired) electrons. The van der Waals surface area contributed by atoms with Gasteiger partial charge >= 0.3 is 0 Å². The summed E-state index contributed by atoms with van der Waals surface area (Å²) in [6, 6.07) is 5.88. The molecule has 6 nitrogen and oxygen atoms in total. The summed E-state index contributed by atoms with van der Waals surface area (Å²) in [5.74, 6) is 0.586. The summed E-state index contributed by atoms with van der Waals surface area (Å²) in [6.07, 6.45) is 1.41. The maximum atomic E-state index is 12.1. The maximum absolute atomic E-state index is 12.1. The van der Waals surface area contributed by atoms with Crippen LogP contribution < -0.4 is 4.74 Å². The van der Waals surface area contributed by atoms with Crippen molar-refractivity contribution in [2.45, 2.75) is 13.5 Å². The summed E-state index contributed by atoms with van der Waals surface area (Å²) >= 11 is 0. The van der Waals surface area contributed by atoms with Crippen LogP contribution in [0.4, 0.5) is 0 Å². The molecule has 0 aliphatic rings. The third kappa shape index (κ3) is 2.90. The molecular formula is C13H16N4O2. The van der Waals surface area contributed by atoms with E-state index < -0.39 is 0 Å². The Kier molecular flexibility index (Phi) is 3.79. The van der Waals surface area contributed by atoms with Gasteiger partial charge in [0.15, 0.2) is 5.69 Å². The van der Waals surface area contributed by atoms with E-state index in [9.17, 15) is 4.79 Å². The summed E-state index contributed by atoms with van der Waals surface area (Å²) in [7, 11) is 3.34. The minimum atomic E-state index is -0.183. The molecule has 2 rings (SSSR count). The highest BCUT2D eigenvalue weighted by molar-refractivity contribution is 5.91. The molecule has 6 heteroatoms. The van der Waals surface area contributed by atoms with Gasteiger partial charge in [0.1, 0.15) is 5.75 Å². The quantitative estimate of drug-likeness (QED) is 0.901. The second-order valence-corrected chi connectivity index (χ2v) is 4.33. The van der Waals surface area contributed by atoms with Crippen molar-refractivity contribution in [2.24, 2.45) is 0 Å². The molecule has 19 heavy (non-hydrogen) atoms. The van der Waals surface area contributed by atoms with Gasteiger partial charge in [0.25, 0.3) is 5.91 Å². The van der Waals surface area contributed by atoms with Gasteiger partial charge in [0.05, 0.1) is 13.3 Å². The topological polar surface area (TPSA) is 71.1 Å². The number of rotatable bonds is 4. The largest absolute Gasteiger partial charge is 0.496 e. The molecule has 2 aromatic rings. The third-order valence-electron chi connectivity index (χ3n) is 2.82. The first kappa shape index (κ1) is 13.1. The molecule has 0 fully saturated rings. The Labute approximate surface area is 111 Å². The van der Waals surface area contributed by atoms with Gasteiger partial charge in [-0.05, 0) is 13.0 Å². The van der Waals surface area contributed by atoms with Crippen molar-refractivity contribution in [3.8, 4) is 5.75 Å². The number of H-pyrrole nitrogens is 1. The van der Waals surface area contributed by atoms with Crippen LogP contribution in [-0.2, 0) is 6.54 Å². The lowest BCUT2D eigenvalue weighted by Gasteiger charge is -2.18. The van der Waals surface area contributed by atoms with E-state index in [0.29, 0.717) is 12.2 Å². The number of hydrogen-bond donors (Lipinski definition) is 1. The number of methoxy groups -OCH3 is 1. The van der Waals surface area contributed by atoms with Crippen molar-refractivity contribution in [2.75, 3.05) is 14.2 Å². The van der Waals surface area contributed by atoms with Crippen LogP contribution in [0.5, 0.6) is 5.75 Å². The number of aryl methyl sites for hydroxylation is 1. The van der Waals surface area contributed by atoms with Gasteiger partial charge in [-0.1, -0.05) is 17.7 Å². The zero-order valence-electron chi connectivity index (χ0n) is 11.2. The van der Waals surface area contributed by atoms with E-state index in [4.69, 9.17) is 4.74 Å². The standard InChI is InChI=1S/C13H16N4O2/c1-9-4-5-12(19-3)10(6-9)8-17(2)13(18)11-7-14-16-15-11/h4-7H,8H2,1-3H3,(H,14,15,16). The van der Waals surface area contributed by atoms with Crippen LogP contribution in [0.25, 0.3) is 0 Å². The van der Waals surface area contributed by atoms with E-state index in [1.54, 1.807) is 19.1 Å². The van der Waals surface area contributed by atoms with Crippen LogP contribution in [0.2, 0.25) is 0 Å². The predicted molar refractivity (Wildman–Crippen MR) is 69.9 cm³/mol. The average Bonchev–Trinajstić information content (AvgIpc) is 2.92. The first-order valence-electron chi connectivity index (χ1n) is 5.86. The van der Waals surface area contributed by atoms with Gasteiger partial charge in [0.2, 0.25) is 0 Å². The average molecular weight is 260 g/mol. The number of aromatic nitrogens is 3. The van der Waals surface area contributed by atoms with Crippen LogP contribution in [-0.4, -0.2) is 40.4 Å². The second kappa shape index (κ2) is 5.51. The lowest BCUT2D eigenvalue weighted by atomic mass is 10.1. The molecule has 0 unspecified atom stereocenters. The predicted octanol–water partition coefficient (Wildman–Crippen LogP) is 1.39. The highest BCUT2D eigenvalue weighted by Gasteiger charge is 2.16. The Hall–Kier alpha value is -2.37. The molecule has 1 heterocycles. The molecule has 0 atom stereocenters. The lowest BCUT2D eigenvalue weighted by molar-refractivity contribution is 0.0778. The van der Waals surface area contributed by atoms with Crippen LogP contribution in [0, 0.1) is 6.92 Å². The molecule has 0 bridgehead atoms. The smallest absolute Gasteiger partial charge is 0.276 e. The second-order valence-electron chi connectivity index (χ2n) is 4.33. The van der Waals surface area contributed by atoms with Crippen molar-refractivity contribution in [3.05, 3.63) is 41.2 Å². The van der Waals surface area contributed by atoms with Gasteiger partial charge in [-0.3, -0.25) is 4.79 Å². The number of carbonyl (C=O) groups is 1. The molecule has 1 aromatic carbocycles. The fraction of sp³-hybridized carbons (Fsp3) is 0.308. The molecule has 0 aliphatic heterocycles. The zero-order valence-corrected chi connectivity index (χ0v) is 11.2. The Morgan fingerprint density at radius 3 is 2.89 bits per heavy atom. The number of ether oxygens (including phenoxy) is 1. The molecule has 0 saturated heterocycles. The Balaban J connectivity index is 2.17. The van der Waals surface area contributed by atoms with Gasteiger partial charge in [-0.2, -0.15) is 15.4 Å². The normalized spacial score (nSPS) is 10.3. The SMILES string of the molecule is COc1ccc(C)cc1CN(C)C(=O)c1cn[nH]n1. The third-order valence-corrected chi connectivity index (χ3v) is 2.82.